The van der Waals surface area contributed by atoms with Crippen LogP contribution in [0.25, 0.3) is 0 Å². The highest BCUT2D eigenvalue weighted by Gasteiger charge is 2.41. The first-order chi connectivity index (χ1) is 13.3. The molecule has 2 atom stereocenters. The van der Waals surface area contributed by atoms with E-state index in [0.29, 0.717) is 17.5 Å². The molecular formula is C23H49NO3P+. The minimum Gasteiger partial charge on any atom is -0.320 e. The van der Waals surface area contributed by atoms with Gasteiger partial charge in [0.05, 0.1) is 27.7 Å². The molecule has 0 aliphatic heterocycles. The van der Waals surface area contributed by atoms with Gasteiger partial charge in [0.15, 0.2) is 5.78 Å². The van der Waals surface area contributed by atoms with Crippen LogP contribution in [0.3, 0.4) is 0 Å². The summed E-state index contributed by atoms with van der Waals surface area (Å²) in [5.74, 6) is -0.362. The lowest BCUT2D eigenvalue weighted by Gasteiger charge is -2.35. The number of quaternary nitrogens is 1. The van der Waals surface area contributed by atoms with Gasteiger partial charge in [-0.15, -0.1) is 0 Å². The molecule has 0 spiro atoms. The van der Waals surface area contributed by atoms with Crippen molar-refractivity contribution < 1.29 is 18.5 Å². The van der Waals surface area contributed by atoms with Crippen molar-refractivity contribution >= 4 is 7.60 Å². The molecule has 0 rings (SSSR count). The summed E-state index contributed by atoms with van der Waals surface area (Å²) in [7, 11) is 2.26. The van der Waals surface area contributed by atoms with Gasteiger partial charge in [-0.1, -0.05) is 83.8 Å². The van der Waals surface area contributed by atoms with E-state index in [2.05, 4.69) is 19.1 Å². The van der Waals surface area contributed by atoms with Crippen molar-refractivity contribution in [3.8, 4) is 0 Å². The van der Waals surface area contributed by atoms with Gasteiger partial charge in [0.1, 0.15) is 0 Å². The average Bonchev–Trinajstić information content (AvgIpc) is 2.60. The first kappa shape index (κ1) is 27.8. The first-order valence-corrected chi connectivity index (χ1v) is 13.3. The summed E-state index contributed by atoms with van der Waals surface area (Å²) in [5, 5.41) is 0. The predicted octanol–water partition coefficient (Wildman–Crippen LogP) is 7.28. The summed E-state index contributed by atoms with van der Waals surface area (Å²) in [5.41, 5.74) is 0. The SMILES string of the molecule is CCCCCCCCCCCCC=CCCCOP(=O)(O)C(CC)[N+](C)(C)C. The topological polar surface area (TPSA) is 46.5 Å². The molecular weight excluding hydrogens is 369 g/mol. The number of nitrogens with zero attached hydrogens (tertiary/aromatic N) is 1. The smallest absolute Gasteiger partial charge is 0.320 e. The highest BCUT2D eigenvalue weighted by molar-refractivity contribution is 7.53. The van der Waals surface area contributed by atoms with E-state index in [-0.39, 0.29) is 5.78 Å². The third kappa shape index (κ3) is 14.8. The van der Waals surface area contributed by atoms with Crippen molar-refractivity contribution in [2.75, 3.05) is 27.7 Å². The van der Waals surface area contributed by atoms with Crippen molar-refractivity contribution in [1.29, 1.82) is 0 Å². The Morgan fingerprint density at radius 2 is 1.29 bits per heavy atom. The quantitative estimate of drug-likeness (QED) is 0.104. The van der Waals surface area contributed by atoms with Crippen LogP contribution in [0, 0.1) is 0 Å². The minimum absolute atomic E-state index is 0.354. The van der Waals surface area contributed by atoms with Crippen LogP contribution >= 0.6 is 7.60 Å². The first-order valence-electron chi connectivity index (χ1n) is 11.7. The lowest BCUT2D eigenvalue weighted by atomic mass is 10.1. The van der Waals surface area contributed by atoms with Crippen molar-refractivity contribution in [1.82, 2.24) is 0 Å². The largest absolute Gasteiger partial charge is 0.385 e. The molecule has 0 aliphatic rings. The van der Waals surface area contributed by atoms with Crippen LogP contribution in [0.2, 0.25) is 0 Å². The van der Waals surface area contributed by atoms with Crippen molar-refractivity contribution in [2.24, 2.45) is 0 Å². The van der Waals surface area contributed by atoms with Crippen molar-refractivity contribution in [3.63, 3.8) is 0 Å². The van der Waals surface area contributed by atoms with Gasteiger partial charge >= 0.3 is 7.60 Å². The van der Waals surface area contributed by atoms with Crippen LogP contribution in [0.5, 0.6) is 0 Å². The van der Waals surface area contributed by atoms with E-state index < -0.39 is 7.60 Å². The van der Waals surface area contributed by atoms with E-state index in [1.54, 1.807) is 0 Å². The molecule has 0 saturated carbocycles. The van der Waals surface area contributed by atoms with E-state index in [4.69, 9.17) is 4.52 Å². The van der Waals surface area contributed by atoms with Gasteiger partial charge in [0, 0.05) is 6.42 Å². The molecule has 28 heavy (non-hydrogen) atoms. The Hall–Kier alpha value is -0.150. The maximum absolute atomic E-state index is 12.4. The van der Waals surface area contributed by atoms with Gasteiger partial charge in [-0.2, -0.15) is 0 Å². The molecule has 2 unspecified atom stereocenters. The third-order valence-corrected chi connectivity index (χ3v) is 7.68. The van der Waals surface area contributed by atoms with Gasteiger partial charge in [-0.3, -0.25) is 4.57 Å². The van der Waals surface area contributed by atoms with Crippen LogP contribution in [-0.4, -0.2) is 42.9 Å². The highest BCUT2D eigenvalue weighted by Crippen LogP contribution is 2.51. The zero-order valence-electron chi connectivity index (χ0n) is 19.5. The van der Waals surface area contributed by atoms with Gasteiger partial charge in [-0.05, 0) is 25.7 Å². The second kappa shape index (κ2) is 16.6. The molecule has 0 saturated heterocycles. The van der Waals surface area contributed by atoms with Crippen LogP contribution in [0.4, 0.5) is 0 Å². The summed E-state index contributed by atoms with van der Waals surface area (Å²) in [4.78, 5) is 10.2. The maximum atomic E-state index is 12.4. The Morgan fingerprint density at radius 1 is 0.821 bits per heavy atom. The molecule has 0 fully saturated rings. The second-order valence-corrected chi connectivity index (χ2v) is 11.0. The molecule has 0 amide bonds. The normalized spacial score (nSPS) is 15.8. The van der Waals surface area contributed by atoms with Gasteiger partial charge in [0.25, 0.3) is 0 Å². The van der Waals surface area contributed by atoms with Crippen molar-refractivity contribution in [2.45, 2.75) is 110 Å². The van der Waals surface area contributed by atoms with Gasteiger partial charge in [-0.25, -0.2) is 0 Å². The fourth-order valence-electron chi connectivity index (χ4n) is 3.68. The standard InChI is InChI=1S/C23H48NO3P/c1-6-8-9-10-11-12-13-14-15-16-17-18-19-20-21-22-27-28(25,26)23(7-2)24(3,4)5/h18-19,23H,6-17,20-22H2,1-5H3/p+1. The average molecular weight is 419 g/mol. The summed E-state index contributed by atoms with van der Waals surface area (Å²) in [6.07, 6.45) is 21.7. The Morgan fingerprint density at radius 3 is 1.75 bits per heavy atom. The van der Waals surface area contributed by atoms with Gasteiger partial charge in [0.2, 0.25) is 0 Å². The zero-order valence-corrected chi connectivity index (χ0v) is 20.4. The van der Waals surface area contributed by atoms with E-state index in [0.717, 1.165) is 19.3 Å². The molecule has 168 valence electrons. The monoisotopic (exact) mass is 418 g/mol. The third-order valence-electron chi connectivity index (χ3n) is 5.32. The number of allylic oxidation sites excluding steroid dienone is 2. The van der Waals surface area contributed by atoms with Crippen LogP contribution < -0.4 is 0 Å². The lowest BCUT2D eigenvalue weighted by molar-refractivity contribution is -0.883. The molecule has 0 aromatic heterocycles. The van der Waals surface area contributed by atoms with E-state index in [9.17, 15) is 9.46 Å². The number of hydrogen-bond acceptors (Lipinski definition) is 2. The Kier molecular flexibility index (Phi) is 16.5. The molecule has 1 N–H and O–H groups in total. The molecule has 0 aliphatic carbocycles. The van der Waals surface area contributed by atoms with E-state index in [1.807, 2.05) is 28.1 Å². The number of hydrogen-bond donors (Lipinski definition) is 1. The molecule has 5 heteroatoms. The Bertz CT molecular complexity index is 432. The summed E-state index contributed by atoms with van der Waals surface area (Å²) in [6, 6.07) is 0. The maximum Gasteiger partial charge on any atom is 0.385 e. The van der Waals surface area contributed by atoms with E-state index in [1.165, 1.54) is 64.2 Å². The van der Waals surface area contributed by atoms with E-state index >= 15 is 0 Å². The lowest BCUT2D eigenvalue weighted by Crippen LogP contribution is -2.44. The molecule has 0 radical (unpaired) electrons. The molecule has 0 aromatic carbocycles. The number of unbranched alkanes of at least 4 members (excludes halogenated alkanes) is 11. The fourth-order valence-corrected chi connectivity index (χ4v) is 5.58. The molecule has 0 aromatic rings. The Balaban J connectivity index is 3.60. The van der Waals surface area contributed by atoms with Crippen LogP contribution in [0.1, 0.15) is 104 Å². The number of rotatable bonds is 19. The second-order valence-electron chi connectivity index (χ2n) is 8.99. The molecule has 4 nitrogen and oxygen atoms in total. The fraction of sp³-hybridized carbons (Fsp3) is 0.913. The van der Waals surface area contributed by atoms with Gasteiger partial charge < -0.3 is 13.9 Å². The molecule has 0 heterocycles. The van der Waals surface area contributed by atoms with Crippen LogP contribution in [0.15, 0.2) is 12.2 Å². The van der Waals surface area contributed by atoms with Crippen molar-refractivity contribution in [3.05, 3.63) is 12.2 Å². The summed E-state index contributed by atoms with van der Waals surface area (Å²) in [6.45, 7) is 4.56. The zero-order chi connectivity index (χ0) is 21.3. The highest BCUT2D eigenvalue weighted by atomic mass is 31.2. The Labute approximate surface area is 175 Å². The predicted molar refractivity (Wildman–Crippen MR) is 123 cm³/mol. The minimum atomic E-state index is -3.56. The summed E-state index contributed by atoms with van der Waals surface area (Å²) < 4.78 is 18.3. The summed E-state index contributed by atoms with van der Waals surface area (Å²) >= 11 is 0. The van der Waals surface area contributed by atoms with Crippen LogP contribution in [-0.2, 0) is 9.09 Å². The molecule has 0 bridgehead atoms.